The minimum absolute atomic E-state index is 0.165. The van der Waals surface area contributed by atoms with E-state index in [0.717, 1.165) is 38.2 Å². The Balaban J connectivity index is 1.54. The summed E-state index contributed by atoms with van der Waals surface area (Å²) in [5.74, 6) is 2.13. The zero-order valence-electron chi connectivity index (χ0n) is 21.9. The quantitative estimate of drug-likeness (QED) is 0.381. The van der Waals surface area contributed by atoms with Gasteiger partial charge >= 0.3 is 0 Å². The van der Waals surface area contributed by atoms with Gasteiger partial charge in [0.15, 0.2) is 0 Å². The predicted octanol–water partition coefficient (Wildman–Crippen LogP) is 6.73. The van der Waals surface area contributed by atoms with E-state index >= 15 is 0 Å². The molecule has 5 rings (SSSR count). The molecule has 3 aromatic rings. The molecule has 1 aliphatic heterocycles. The molecule has 4 heteroatoms. The van der Waals surface area contributed by atoms with E-state index in [9.17, 15) is 0 Å². The fourth-order valence-electron chi connectivity index (χ4n) is 6.36. The van der Waals surface area contributed by atoms with Gasteiger partial charge in [-0.25, -0.2) is 0 Å². The van der Waals surface area contributed by atoms with Gasteiger partial charge in [0.2, 0.25) is 0 Å². The molecule has 1 aliphatic carbocycles. The van der Waals surface area contributed by atoms with Gasteiger partial charge in [0.1, 0.15) is 11.9 Å². The molecule has 1 saturated carbocycles. The van der Waals surface area contributed by atoms with Crippen molar-refractivity contribution in [2.45, 2.75) is 83.4 Å². The highest BCUT2D eigenvalue weighted by Gasteiger charge is 2.32. The first-order valence-electron chi connectivity index (χ1n) is 13.9. The normalized spacial score (nSPS) is 21.6. The molecular weight excluding hydrogens is 430 g/mol. The van der Waals surface area contributed by atoms with E-state index in [0.29, 0.717) is 17.9 Å². The number of hydrogen-bond acceptors (Lipinski definition) is 3. The number of benzene rings is 2. The molecule has 4 nitrogen and oxygen atoms in total. The van der Waals surface area contributed by atoms with Crippen molar-refractivity contribution < 1.29 is 4.74 Å². The summed E-state index contributed by atoms with van der Waals surface area (Å²) in [5.41, 5.74) is 5.66. The van der Waals surface area contributed by atoms with Crippen molar-refractivity contribution in [1.82, 2.24) is 15.2 Å². The summed E-state index contributed by atoms with van der Waals surface area (Å²) in [4.78, 5) is 0. The van der Waals surface area contributed by atoms with Gasteiger partial charge in [-0.15, -0.1) is 0 Å². The van der Waals surface area contributed by atoms with Crippen molar-refractivity contribution in [3.8, 4) is 17.0 Å². The van der Waals surface area contributed by atoms with E-state index < -0.39 is 0 Å². The largest absolute Gasteiger partial charge is 0.490 e. The van der Waals surface area contributed by atoms with Crippen LogP contribution in [-0.2, 0) is 6.54 Å². The lowest BCUT2D eigenvalue weighted by atomic mass is 9.81. The van der Waals surface area contributed by atoms with Crippen molar-refractivity contribution in [3.05, 3.63) is 54.1 Å². The summed E-state index contributed by atoms with van der Waals surface area (Å²) in [5, 5.41) is 8.47. The van der Waals surface area contributed by atoms with Crippen LogP contribution in [0.15, 0.2) is 48.5 Å². The molecule has 1 unspecified atom stereocenters. The van der Waals surface area contributed by atoms with Crippen molar-refractivity contribution in [2.24, 2.45) is 5.92 Å². The number of nitrogens with zero attached hydrogens (tertiary/aromatic N) is 1. The maximum Gasteiger partial charge on any atom is 0.129 e. The smallest absolute Gasteiger partial charge is 0.129 e. The lowest BCUT2D eigenvalue weighted by Crippen LogP contribution is -2.35. The van der Waals surface area contributed by atoms with Crippen LogP contribution in [0.4, 0.5) is 0 Å². The third-order valence-electron chi connectivity index (χ3n) is 8.39. The Bertz CT molecular complexity index is 1110. The van der Waals surface area contributed by atoms with E-state index in [1.807, 2.05) is 7.05 Å². The first-order valence-corrected chi connectivity index (χ1v) is 13.9. The van der Waals surface area contributed by atoms with Crippen LogP contribution >= 0.6 is 0 Å². The standard InChI is InChI=1S/C31H43N3O/c1-22(17-19-32-3)33-20-18-25-21-34-28-15-9-7-13-26(28)30(24-11-5-4-6-12-24)31(34)27-14-8-10-16-29(27)35-23(25)2/h7-10,13-16,22-25,32-33H,4-6,11-12,17-21H2,1-3H3/t22-,23+,25?/m0/s1. The summed E-state index contributed by atoms with van der Waals surface area (Å²) in [6, 6.07) is 18.4. The maximum atomic E-state index is 6.72. The van der Waals surface area contributed by atoms with Crippen LogP contribution in [0.3, 0.4) is 0 Å². The van der Waals surface area contributed by atoms with E-state index in [-0.39, 0.29) is 6.10 Å². The Morgan fingerprint density at radius 1 is 1.00 bits per heavy atom. The minimum Gasteiger partial charge on any atom is -0.490 e. The van der Waals surface area contributed by atoms with Crippen LogP contribution in [-0.4, -0.2) is 36.9 Å². The average Bonchev–Trinajstić information content (AvgIpc) is 3.20. The van der Waals surface area contributed by atoms with Crippen molar-refractivity contribution >= 4 is 10.9 Å². The molecule has 0 spiro atoms. The topological polar surface area (TPSA) is 38.2 Å². The zero-order chi connectivity index (χ0) is 24.2. The number of hydrogen-bond donors (Lipinski definition) is 2. The molecular formula is C31H43N3O. The van der Waals surface area contributed by atoms with E-state index in [1.54, 1.807) is 5.56 Å². The molecule has 0 radical (unpaired) electrons. The zero-order valence-corrected chi connectivity index (χ0v) is 21.9. The molecule has 0 amide bonds. The van der Waals surface area contributed by atoms with Gasteiger partial charge in [0, 0.05) is 35.0 Å². The number of fused-ring (bicyclic) bond motifs is 5. The van der Waals surface area contributed by atoms with Gasteiger partial charge in [0.05, 0.1) is 5.69 Å². The van der Waals surface area contributed by atoms with Gasteiger partial charge in [0.25, 0.3) is 0 Å². The summed E-state index contributed by atoms with van der Waals surface area (Å²) in [6.45, 7) is 7.64. The SMILES string of the molecule is CNCC[C@H](C)NCCC1Cn2c(c(C3CCCCC3)c3ccccc32)-c2ccccc2O[C@@H]1C. The molecule has 35 heavy (non-hydrogen) atoms. The number of aromatic nitrogens is 1. The fourth-order valence-corrected chi connectivity index (χ4v) is 6.36. The van der Waals surface area contributed by atoms with E-state index in [1.165, 1.54) is 54.3 Å². The highest BCUT2D eigenvalue weighted by Crippen LogP contribution is 2.47. The van der Waals surface area contributed by atoms with Crippen LogP contribution in [0.2, 0.25) is 0 Å². The van der Waals surface area contributed by atoms with Crippen molar-refractivity contribution in [2.75, 3.05) is 20.1 Å². The van der Waals surface area contributed by atoms with E-state index in [4.69, 9.17) is 4.74 Å². The Hall–Kier alpha value is -2.30. The van der Waals surface area contributed by atoms with Gasteiger partial charge < -0.3 is 19.9 Å². The Morgan fingerprint density at radius 2 is 1.77 bits per heavy atom. The molecule has 2 N–H and O–H groups in total. The van der Waals surface area contributed by atoms with Gasteiger partial charge in [-0.05, 0) is 89.3 Å². The monoisotopic (exact) mass is 473 g/mol. The van der Waals surface area contributed by atoms with Gasteiger partial charge in [-0.3, -0.25) is 0 Å². The summed E-state index contributed by atoms with van der Waals surface area (Å²) in [7, 11) is 2.03. The van der Waals surface area contributed by atoms with Crippen molar-refractivity contribution in [1.29, 1.82) is 0 Å². The minimum atomic E-state index is 0.165. The second-order valence-electron chi connectivity index (χ2n) is 10.8. The van der Waals surface area contributed by atoms with Crippen molar-refractivity contribution in [3.63, 3.8) is 0 Å². The maximum absolute atomic E-state index is 6.72. The third-order valence-corrected chi connectivity index (χ3v) is 8.39. The van der Waals surface area contributed by atoms with Crippen LogP contribution in [0, 0.1) is 5.92 Å². The first kappa shape index (κ1) is 24.4. The highest BCUT2D eigenvalue weighted by atomic mass is 16.5. The second kappa shape index (κ2) is 11.2. The molecule has 0 bridgehead atoms. The molecule has 2 heterocycles. The lowest BCUT2D eigenvalue weighted by molar-refractivity contribution is 0.130. The number of nitrogens with one attached hydrogen (secondary N) is 2. The fraction of sp³-hybridized carbons (Fsp3) is 0.548. The summed E-state index contributed by atoms with van der Waals surface area (Å²) in [6.07, 6.45) is 9.10. The second-order valence-corrected chi connectivity index (χ2v) is 10.8. The molecule has 0 saturated heterocycles. The average molecular weight is 474 g/mol. The third kappa shape index (κ3) is 5.15. The van der Waals surface area contributed by atoms with Crippen LogP contribution in [0.5, 0.6) is 5.75 Å². The Morgan fingerprint density at radius 3 is 2.60 bits per heavy atom. The number of rotatable bonds is 8. The van der Waals surface area contributed by atoms with Crippen LogP contribution < -0.4 is 15.4 Å². The number of ether oxygens (including phenoxy) is 1. The molecule has 1 aromatic heterocycles. The summed E-state index contributed by atoms with van der Waals surface area (Å²) >= 11 is 0. The predicted molar refractivity (Wildman–Crippen MR) is 147 cm³/mol. The van der Waals surface area contributed by atoms with Crippen LogP contribution in [0.1, 0.15) is 70.3 Å². The molecule has 188 valence electrons. The van der Waals surface area contributed by atoms with Crippen LogP contribution in [0.25, 0.3) is 22.2 Å². The first-order chi connectivity index (χ1) is 17.2. The Kier molecular flexibility index (Phi) is 7.79. The molecule has 2 aliphatic rings. The summed E-state index contributed by atoms with van der Waals surface area (Å²) < 4.78 is 9.37. The highest BCUT2D eigenvalue weighted by molar-refractivity contribution is 5.93. The number of para-hydroxylation sites is 2. The molecule has 1 fully saturated rings. The van der Waals surface area contributed by atoms with Gasteiger partial charge in [-0.1, -0.05) is 49.6 Å². The molecule has 2 aromatic carbocycles. The Labute approximate surface area is 211 Å². The van der Waals surface area contributed by atoms with Gasteiger partial charge in [-0.2, -0.15) is 0 Å². The lowest BCUT2D eigenvalue weighted by Gasteiger charge is -2.32. The molecule has 3 atom stereocenters. The van der Waals surface area contributed by atoms with E-state index in [2.05, 4.69) is 77.6 Å².